The van der Waals surface area contributed by atoms with Gasteiger partial charge in [-0.05, 0) is 36.2 Å². The number of halogens is 2. The first kappa shape index (κ1) is 14.5. The second-order valence-corrected chi connectivity index (χ2v) is 5.23. The van der Waals surface area contributed by atoms with Crippen molar-refractivity contribution in [1.82, 2.24) is 0 Å². The Kier molecular flexibility index (Phi) is 4.08. The predicted octanol–water partition coefficient (Wildman–Crippen LogP) is 3.80. The average molecular weight is 290 g/mol. The summed E-state index contributed by atoms with van der Waals surface area (Å²) in [7, 11) is 0. The number of hydrogen-bond donors (Lipinski definition) is 1. The Labute approximate surface area is 122 Å². The lowest BCUT2D eigenvalue weighted by Gasteiger charge is -2.24. The smallest absolute Gasteiger partial charge is 0.142 e. The van der Waals surface area contributed by atoms with E-state index in [1.165, 1.54) is 6.07 Å². The van der Waals surface area contributed by atoms with Crippen LogP contribution in [0.3, 0.4) is 0 Å². The third-order valence-corrected chi connectivity index (χ3v) is 3.63. The van der Waals surface area contributed by atoms with Crippen LogP contribution >= 0.6 is 11.6 Å². The van der Waals surface area contributed by atoms with Crippen LogP contribution < -0.4 is 0 Å². The normalized spacial score (nSPS) is 13.6. The van der Waals surface area contributed by atoms with Crippen molar-refractivity contribution in [2.24, 2.45) is 0 Å². The molecule has 2 aromatic carbocycles. The van der Waals surface area contributed by atoms with Crippen LogP contribution in [0.25, 0.3) is 0 Å². The van der Waals surface area contributed by atoms with Gasteiger partial charge in [-0.15, -0.1) is 0 Å². The van der Waals surface area contributed by atoms with Crippen molar-refractivity contribution in [2.45, 2.75) is 18.9 Å². The van der Waals surface area contributed by atoms with Crippen LogP contribution in [-0.4, -0.2) is 5.11 Å². The maximum Gasteiger partial charge on any atom is 0.142 e. The molecule has 0 bridgehead atoms. The minimum atomic E-state index is -1.19. The van der Waals surface area contributed by atoms with Gasteiger partial charge in [0.2, 0.25) is 0 Å². The summed E-state index contributed by atoms with van der Waals surface area (Å²) in [5.41, 5.74) is 0.525. The molecule has 102 valence electrons. The van der Waals surface area contributed by atoms with Gasteiger partial charge in [0.15, 0.2) is 0 Å². The van der Waals surface area contributed by atoms with Crippen molar-refractivity contribution in [3.63, 3.8) is 0 Å². The van der Waals surface area contributed by atoms with E-state index in [0.717, 1.165) is 0 Å². The van der Waals surface area contributed by atoms with Crippen LogP contribution in [0.5, 0.6) is 0 Å². The lowest BCUT2D eigenvalue weighted by atomic mass is 9.88. The van der Waals surface area contributed by atoms with E-state index >= 15 is 0 Å². The standard InChI is InChI=1S/C16H13ClFNO/c1-16(20,13-7-5-11(10-19)6-8-13)9-12-3-2-4-14(18)15(12)17/h2-8,20H,9H2,1H3. The van der Waals surface area contributed by atoms with E-state index in [4.69, 9.17) is 16.9 Å². The van der Waals surface area contributed by atoms with E-state index < -0.39 is 11.4 Å². The molecule has 0 aliphatic rings. The first-order chi connectivity index (χ1) is 9.44. The van der Waals surface area contributed by atoms with E-state index in [0.29, 0.717) is 16.7 Å². The lowest BCUT2D eigenvalue weighted by Crippen LogP contribution is -2.24. The summed E-state index contributed by atoms with van der Waals surface area (Å²) in [6.07, 6.45) is 0.190. The van der Waals surface area contributed by atoms with Gasteiger partial charge in [-0.1, -0.05) is 35.9 Å². The van der Waals surface area contributed by atoms with Crippen LogP contribution in [0.4, 0.5) is 4.39 Å². The zero-order valence-electron chi connectivity index (χ0n) is 10.9. The van der Waals surface area contributed by atoms with E-state index in [1.54, 1.807) is 43.3 Å². The van der Waals surface area contributed by atoms with Crippen molar-refractivity contribution in [3.8, 4) is 6.07 Å². The number of nitrogens with zero attached hydrogens (tertiary/aromatic N) is 1. The van der Waals surface area contributed by atoms with Gasteiger partial charge in [-0.25, -0.2) is 4.39 Å². The molecular weight excluding hydrogens is 277 g/mol. The number of rotatable bonds is 3. The van der Waals surface area contributed by atoms with Crippen molar-refractivity contribution in [2.75, 3.05) is 0 Å². The Morgan fingerprint density at radius 3 is 2.50 bits per heavy atom. The minimum absolute atomic E-state index is 0.0291. The maximum absolute atomic E-state index is 13.4. The highest BCUT2D eigenvalue weighted by molar-refractivity contribution is 6.31. The topological polar surface area (TPSA) is 44.0 Å². The van der Waals surface area contributed by atoms with Gasteiger partial charge in [0, 0.05) is 6.42 Å². The van der Waals surface area contributed by atoms with Crippen LogP contribution in [0.1, 0.15) is 23.6 Å². The Morgan fingerprint density at radius 1 is 1.25 bits per heavy atom. The second-order valence-electron chi connectivity index (χ2n) is 4.85. The molecule has 0 spiro atoms. The fraction of sp³-hybridized carbons (Fsp3) is 0.188. The predicted molar refractivity (Wildman–Crippen MR) is 75.8 cm³/mol. The van der Waals surface area contributed by atoms with Gasteiger partial charge < -0.3 is 5.11 Å². The van der Waals surface area contributed by atoms with Gasteiger partial charge in [0.25, 0.3) is 0 Å². The molecule has 2 nitrogen and oxygen atoms in total. The molecule has 0 aromatic heterocycles. The van der Waals surface area contributed by atoms with Gasteiger partial charge in [0.1, 0.15) is 5.82 Å². The molecule has 0 aliphatic carbocycles. The SMILES string of the molecule is CC(O)(Cc1cccc(F)c1Cl)c1ccc(C#N)cc1. The van der Waals surface area contributed by atoms with Gasteiger partial charge in [0.05, 0.1) is 22.3 Å². The zero-order chi connectivity index (χ0) is 14.8. The molecule has 1 atom stereocenters. The Balaban J connectivity index is 2.30. The van der Waals surface area contributed by atoms with Crippen molar-refractivity contribution >= 4 is 11.6 Å². The number of aliphatic hydroxyl groups is 1. The largest absolute Gasteiger partial charge is 0.385 e. The molecular formula is C16H13ClFNO. The molecule has 1 N–H and O–H groups in total. The third-order valence-electron chi connectivity index (χ3n) is 3.20. The van der Waals surface area contributed by atoms with E-state index in [9.17, 15) is 9.50 Å². The molecule has 0 aliphatic heterocycles. The lowest BCUT2D eigenvalue weighted by molar-refractivity contribution is 0.0576. The van der Waals surface area contributed by atoms with Crippen molar-refractivity contribution in [3.05, 3.63) is 70.0 Å². The second kappa shape index (κ2) is 5.62. The van der Waals surface area contributed by atoms with Gasteiger partial charge >= 0.3 is 0 Å². The van der Waals surface area contributed by atoms with E-state index in [-0.39, 0.29) is 11.4 Å². The molecule has 0 saturated heterocycles. The summed E-state index contributed by atoms with van der Waals surface area (Å²) in [5.74, 6) is -0.500. The third kappa shape index (κ3) is 2.98. The van der Waals surface area contributed by atoms with Crippen LogP contribution in [-0.2, 0) is 12.0 Å². The summed E-state index contributed by atoms with van der Waals surface area (Å²) >= 11 is 5.91. The summed E-state index contributed by atoms with van der Waals surface area (Å²) in [4.78, 5) is 0. The Bertz CT molecular complexity index is 659. The molecule has 0 amide bonds. The van der Waals surface area contributed by atoms with E-state index in [1.807, 2.05) is 6.07 Å². The fourth-order valence-electron chi connectivity index (χ4n) is 2.06. The quantitative estimate of drug-likeness (QED) is 0.934. The molecule has 20 heavy (non-hydrogen) atoms. The molecule has 4 heteroatoms. The highest BCUT2D eigenvalue weighted by Crippen LogP contribution is 2.29. The zero-order valence-corrected chi connectivity index (χ0v) is 11.7. The average Bonchev–Trinajstić information content (AvgIpc) is 2.44. The fourth-order valence-corrected chi connectivity index (χ4v) is 2.25. The Morgan fingerprint density at radius 2 is 1.90 bits per heavy atom. The number of benzene rings is 2. The number of nitriles is 1. The molecule has 1 unspecified atom stereocenters. The minimum Gasteiger partial charge on any atom is -0.385 e. The van der Waals surface area contributed by atoms with Crippen LogP contribution in [0.2, 0.25) is 5.02 Å². The number of hydrogen-bond acceptors (Lipinski definition) is 2. The van der Waals surface area contributed by atoms with Crippen LogP contribution in [0, 0.1) is 17.1 Å². The molecule has 2 rings (SSSR count). The van der Waals surface area contributed by atoms with E-state index in [2.05, 4.69) is 0 Å². The van der Waals surface area contributed by atoms with Gasteiger partial charge in [-0.3, -0.25) is 0 Å². The molecule has 0 fully saturated rings. The molecule has 0 radical (unpaired) electrons. The van der Waals surface area contributed by atoms with Gasteiger partial charge in [-0.2, -0.15) is 5.26 Å². The summed E-state index contributed by atoms with van der Waals surface area (Å²) in [5, 5.41) is 19.3. The van der Waals surface area contributed by atoms with Crippen molar-refractivity contribution in [1.29, 1.82) is 5.26 Å². The summed E-state index contributed by atoms with van der Waals surface area (Å²) in [6, 6.07) is 13.2. The highest BCUT2D eigenvalue weighted by Gasteiger charge is 2.25. The molecule has 0 heterocycles. The molecule has 2 aromatic rings. The summed E-state index contributed by atoms with van der Waals surface area (Å²) < 4.78 is 13.4. The first-order valence-electron chi connectivity index (χ1n) is 6.10. The first-order valence-corrected chi connectivity index (χ1v) is 6.48. The maximum atomic E-state index is 13.4. The Hall–Kier alpha value is -1.89. The highest BCUT2D eigenvalue weighted by atomic mass is 35.5. The van der Waals surface area contributed by atoms with Crippen molar-refractivity contribution < 1.29 is 9.50 Å². The summed E-state index contributed by atoms with van der Waals surface area (Å²) in [6.45, 7) is 1.63. The van der Waals surface area contributed by atoms with Crippen LogP contribution in [0.15, 0.2) is 42.5 Å². The molecule has 0 saturated carbocycles. The monoisotopic (exact) mass is 289 g/mol.